The number of aryl methyl sites for hydroxylation is 1. The first-order valence-corrected chi connectivity index (χ1v) is 9.75. The van der Waals surface area contributed by atoms with Crippen molar-refractivity contribution in [3.63, 3.8) is 0 Å². The number of benzene rings is 2. The van der Waals surface area contributed by atoms with E-state index >= 15 is 0 Å². The number of hydrogen-bond donors (Lipinski definition) is 1. The van der Waals surface area contributed by atoms with Crippen LogP contribution in [0.25, 0.3) is 12.2 Å². The summed E-state index contributed by atoms with van der Waals surface area (Å²) in [5, 5.41) is 2.79. The lowest BCUT2D eigenvalue weighted by Crippen LogP contribution is -2.29. The van der Waals surface area contributed by atoms with E-state index in [1.165, 1.54) is 27.5 Å². The first-order valence-electron chi connectivity index (χ1n) is 8.94. The second-order valence-corrected chi connectivity index (χ2v) is 7.30. The van der Waals surface area contributed by atoms with Crippen LogP contribution in [0.15, 0.2) is 53.3 Å². The number of nitrogens with one attached hydrogen (secondary N) is 1. The highest BCUT2D eigenvalue weighted by Crippen LogP contribution is 2.22. The molecular weight excluding hydrogens is 372 g/mol. The van der Waals surface area contributed by atoms with Gasteiger partial charge in [0.1, 0.15) is 10.4 Å². The number of methoxy groups -OCH3 is 1. The molecule has 5 nitrogen and oxygen atoms in total. The summed E-state index contributed by atoms with van der Waals surface area (Å²) >= 11 is 1.29. The minimum Gasteiger partial charge on any atom is -0.495 e. The van der Waals surface area contributed by atoms with Gasteiger partial charge in [-0.1, -0.05) is 43.3 Å². The Morgan fingerprint density at radius 2 is 1.89 bits per heavy atom. The molecule has 0 radical (unpaired) electrons. The van der Waals surface area contributed by atoms with Gasteiger partial charge in [0.05, 0.1) is 17.3 Å². The minimum atomic E-state index is -0.319. The Morgan fingerprint density at radius 1 is 1.18 bits per heavy atom. The molecule has 0 aliphatic rings. The van der Waals surface area contributed by atoms with E-state index in [0.717, 1.165) is 12.0 Å². The second kappa shape index (κ2) is 8.71. The number of rotatable bonds is 5. The lowest BCUT2D eigenvalue weighted by Gasteiger charge is -2.07. The molecule has 144 valence electrons. The molecule has 0 spiro atoms. The van der Waals surface area contributed by atoms with Crippen molar-refractivity contribution in [3.8, 4) is 5.75 Å². The third-order valence-corrected chi connectivity index (χ3v) is 5.48. The van der Waals surface area contributed by atoms with Crippen molar-refractivity contribution in [2.75, 3.05) is 12.4 Å². The summed E-state index contributed by atoms with van der Waals surface area (Å²) < 4.78 is 7.89. The van der Waals surface area contributed by atoms with E-state index in [1.807, 2.05) is 30.3 Å². The molecule has 0 saturated carbocycles. The number of carbonyl (C=O) groups is 1. The fourth-order valence-corrected chi connectivity index (χ4v) is 3.77. The number of thiazole rings is 1. The van der Waals surface area contributed by atoms with Crippen molar-refractivity contribution in [3.05, 3.63) is 79.2 Å². The molecule has 1 amide bonds. The molecule has 6 heteroatoms. The van der Waals surface area contributed by atoms with Gasteiger partial charge in [-0.25, -0.2) is 0 Å². The summed E-state index contributed by atoms with van der Waals surface area (Å²) in [7, 11) is 3.21. The Labute approximate surface area is 167 Å². The highest BCUT2D eigenvalue weighted by atomic mass is 32.1. The highest BCUT2D eigenvalue weighted by Gasteiger charge is 2.06. The molecule has 0 saturated heterocycles. The second-order valence-electron chi connectivity index (χ2n) is 6.24. The zero-order chi connectivity index (χ0) is 20.1. The number of hydrogen-bond acceptors (Lipinski definition) is 4. The van der Waals surface area contributed by atoms with Crippen LogP contribution in [0.4, 0.5) is 5.69 Å². The summed E-state index contributed by atoms with van der Waals surface area (Å²) in [5.74, 6) is 0.258. The molecule has 0 fully saturated rings. The van der Waals surface area contributed by atoms with Gasteiger partial charge in [-0.3, -0.25) is 9.59 Å². The average molecular weight is 394 g/mol. The monoisotopic (exact) mass is 394 g/mol. The van der Waals surface area contributed by atoms with E-state index in [-0.39, 0.29) is 11.5 Å². The molecule has 1 aromatic heterocycles. The summed E-state index contributed by atoms with van der Waals surface area (Å²) in [6.45, 7) is 2.10. The summed E-state index contributed by atoms with van der Waals surface area (Å²) in [5.41, 5.74) is 2.66. The van der Waals surface area contributed by atoms with Gasteiger partial charge in [0.2, 0.25) is 0 Å². The van der Waals surface area contributed by atoms with Gasteiger partial charge < -0.3 is 14.6 Å². The Kier molecular flexibility index (Phi) is 6.11. The summed E-state index contributed by atoms with van der Waals surface area (Å²) in [6, 6.07) is 15.3. The summed E-state index contributed by atoms with van der Waals surface area (Å²) in [6.07, 6.45) is 4.25. The van der Waals surface area contributed by atoms with Crippen molar-refractivity contribution >= 4 is 35.1 Å². The zero-order valence-corrected chi connectivity index (χ0v) is 16.9. The van der Waals surface area contributed by atoms with Crippen LogP contribution in [-0.4, -0.2) is 17.6 Å². The fourth-order valence-electron chi connectivity index (χ4n) is 2.74. The first kappa shape index (κ1) is 19.6. The molecule has 0 unspecified atom stereocenters. The van der Waals surface area contributed by atoms with E-state index in [2.05, 4.69) is 24.4 Å². The third-order valence-electron chi connectivity index (χ3n) is 4.37. The quantitative estimate of drug-likeness (QED) is 0.722. The van der Waals surface area contributed by atoms with Crippen molar-refractivity contribution in [1.82, 2.24) is 4.57 Å². The molecule has 1 heterocycles. The predicted molar refractivity (Wildman–Crippen MR) is 114 cm³/mol. The lowest BCUT2D eigenvalue weighted by molar-refractivity contribution is -0.110. The van der Waals surface area contributed by atoms with Crippen LogP contribution < -0.4 is 24.8 Å². The Balaban J connectivity index is 1.92. The van der Waals surface area contributed by atoms with E-state index < -0.39 is 0 Å². The van der Waals surface area contributed by atoms with Gasteiger partial charge >= 0.3 is 0 Å². The van der Waals surface area contributed by atoms with E-state index in [1.54, 1.807) is 26.3 Å². The van der Waals surface area contributed by atoms with Crippen LogP contribution in [-0.2, 0) is 18.3 Å². The number of nitrogens with zero attached hydrogens (tertiary/aromatic N) is 1. The van der Waals surface area contributed by atoms with Crippen LogP contribution in [0.1, 0.15) is 18.1 Å². The number of anilines is 1. The van der Waals surface area contributed by atoms with E-state index in [4.69, 9.17) is 4.74 Å². The minimum absolute atomic E-state index is 0.124. The molecule has 0 aliphatic heterocycles. The zero-order valence-electron chi connectivity index (χ0n) is 16.1. The molecule has 0 bridgehead atoms. The number of amides is 1. The predicted octanol–water partition coefficient (Wildman–Crippen LogP) is 2.27. The number of ether oxygens (including phenoxy) is 1. The van der Waals surface area contributed by atoms with Crippen molar-refractivity contribution < 1.29 is 9.53 Å². The standard InChI is InChI=1S/C22H22N2O3S/c1-4-15-9-11-16(12-10-15)13-19-22(26)24(2)21(28-19)14-20(25)23-17-7-5-6-8-18(17)27-3/h5-14H,4H2,1-3H3,(H,23,25)/b19-13-,21-14-. The molecule has 0 atom stereocenters. The number of para-hydroxylation sites is 2. The Hall–Kier alpha value is -3.12. The molecule has 2 aromatic carbocycles. The van der Waals surface area contributed by atoms with E-state index in [0.29, 0.717) is 20.6 Å². The lowest BCUT2D eigenvalue weighted by atomic mass is 10.1. The maximum Gasteiger partial charge on any atom is 0.268 e. The van der Waals surface area contributed by atoms with E-state index in [9.17, 15) is 9.59 Å². The van der Waals surface area contributed by atoms with Crippen molar-refractivity contribution in [1.29, 1.82) is 0 Å². The first-order chi connectivity index (χ1) is 13.5. The van der Waals surface area contributed by atoms with Gasteiger partial charge in [0.15, 0.2) is 0 Å². The normalized spacial score (nSPS) is 12.2. The third kappa shape index (κ3) is 4.40. The molecule has 3 rings (SSSR count). The van der Waals surface area contributed by atoms with Gasteiger partial charge in [-0.2, -0.15) is 0 Å². The van der Waals surface area contributed by atoms with Crippen LogP contribution in [0.5, 0.6) is 5.75 Å². The van der Waals surface area contributed by atoms with Crippen LogP contribution in [0, 0.1) is 0 Å². The molecule has 28 heavy (non-hydrogen) atoms. The largest absolute Gasteiger partial charge is 0.495 e. The van der Waals surface area contributed by atoms with Gasteiger partial charge in [-0.15, -0.1) is 11.3 Å². The fraction of sp³-hybridized carbons (Fsp3) is 0.182. The van der Waals surface area contributed by atoms with Gasteiger partial charge in [0.25, 0.3) is 11.5 Å². The van der Waals surface area contributed by atoms with Crippen molar-refractivity contribution in [2.45, 2.75) is 13.3 Å². The van der Waals surface area contributed by atoms with Crippen LogP contribution in [0.2, 0.25) is 0 Å². The average Bonchev–Trinajstić information content (AvgIpc) is 2.96. The Bertz CT molecular complexity index is 1160. The number of carbonyl (C=O) groups excluding carboxylic acids is 1. The topological polar surface area (TPSA) is 60.3 Å². The summed E-state index contributed by atoms with van der Waals surface area (Å²) in [4.78, 5) is 24.9. The molecule has 0 aliphatic carbocycles. The van der Waals surface area contributed by atoms with Gasteiger partial charge in [-0.05, 0) is 35.8 Å². The molecular formula is C22H22N2O3S. The SMILES string of the molecule is CCc1ccc(/C=c2\s/c(=C\C(=O)Nc3ccccc3OC)n(C)c2=O)cc1. The highest BCUT2D eigenvalue weighted by molar-refractivity contribution is 7.07. The maximum absolute atomic E-state index is 12.5. The van der Waals surface area contributed by atoms with Crippen LogP contribution in [0.3, 0.4) is 0 Å². The smallest absolute Gasteiger partial charge is 0.268 e. The molecule has 1 N–H and O–H groups in total. The Morgan fingerprint density at radius 3 is 2.57 bits per heavy atom. The van der Waals surface area contributed by atoms with Crippen LogP contribution >= 0.6 is 11.3 Å². The number of aromatic nitrogens is 1. The maximum atomic E-state index is 12.5. The van der Waals surface area contributed by atoms with Gasteiger partial charge in [0, 0.05) is 13.1 Å². The van der Waals surface area contributed by atoms with Crippen molar-refractivity contribution in [2.24, 2.45) is 7.05 Å². The molecule has 3 aromatic rings.